The summed E-state index contributed by atoms with van der Waals surface area (Å²) in [4.78, 5) is 0.0530. The summed E-state index contributed by atoms with van der Waals surface area (Å²) in [5.74, 6) is -0.539. The van der Waals surface area contributed by atoms with E-state index in [2.05, 4.69) is 11.9 Å². The van der Waals surface area contributed by atoms with Crippen LogP contribution in [0.15, 0.2) is 35.7 Å². The quantitative estimate of drug-likeness (QED) is 0.749. The summed E-state index contributed by atoms with van der Waals surface area (Å²) in [5, 5.41) is 3.09. The predicted octanol–water partition coefficient (Wildman–Crippen LogP) is 2.27. The Bertz CT molecular complexity index is 612. The molecule has 0 heterocycles. The first-order valence-corrected chi connectivity index (χ1v) is 8.56. The van der Waals surface area contributed by atoms with E-state index in [4.69, 9.17) is 0 Å². The third-order valence-electron chi connectivity index (χ3n) is 3.44. The van der Waals surface area contributed by atoms with Crippen LogP contribution < -0.4 is 5.32 Å². The summed E-state index contributed by atoms with van der Waals surface area (Å²) in [6.07, 6.45) is 3.27. The molecule has 0 spiro atoms. The molecule has 21 heavy (non-hydrogen) atoms. The summed E-state index contributed by atoms with van der Waals surface area (Å²) in [6.45, 7) is 6.92. The van der Waals surface area contributed by atoms with Gasteiger partial charge in [0.2, 0.25) is 10.0 Å². The van der Waals surface area contributed by atoms with Crippen LogP contribution in [0.2, 0.25) is 0 Å². The van der Waals surface area contributed by atoms with Crippen LogP contribution in [0.25, 0.3) is 0 Å². The Morgan fingerprint density at radius 1 is 1.48 bits per heavy atom. The van der Waals surface area contributed by atoms with Gasteiger partial charge in [0.25, 0.3) is 0 Å². The van der Waals surface area contributed by atoms with Crippen molar-refractivity contribution in [3.63, 3.8) is 0 Å². The van der Waals surface area contributed by atoms with Gasteiger partial charge in [-0.05, 0) is 37.1 Å². The Morgan fingerprint density at radius 3 is 2.76 bits per heavy atom. The molecule has 0 amide bonds. The Hall–Kier alpha value is -1.24. The predicted molar refractivity (Wildman–Crippen MR) is 80.9 cm³/mol. The van der Waals surface area contributed by atoms with Gasteiger partial charge in [-0.2, -0.15) is 4.31 Å². The topological polar surface area (TPSA) is 49.4 Å². The highest BCUT2D eigenvalue weighted by Gasteiger charge is 2.38. The number of hydrogen-bond donors (Lipinski definition) is 1. The van der Waals surface area contributed by atoms with E-state index in [9.17, 15) is 12.8 Å². The largest absolute Gasteiger partial charge is 0.313 e. The third kappa shape index (κ3) is 3.70. The number of nitrogens with one attached hydrogen (secondary N) is 1. The average molecular weight is 312 g/mol. The standard InChI is InChI=1S/C15H21FN2O2S/c1-3-9-18(14-7-8-14)21(19,20)15-10-13(16)6-5-12(15)11-17-4-2/h3,5-6,10,14,17H,1,4,7-9,11H2,2H3. The minimum Gasteiger partial charge on any atom is -0.313 e. The minimum atomic E-state index is -3.70. The van der Waals surface area contributed by atoms with Gasteiger partial charge in [0.15, 0.2) is 0 Å². The molecule has 0 unspecified atom stereocenters. The van der Waals surface area contributed by atoms with Crippen molar-refractivity contribution in [3.8, 4) is 0 Å². The van der Waals surface area contributed by atoms with E-state index in [1.165, 1.54) is 16.4 Å². The van der Waals surface area contributed by atoms with Crippen molar-refractivity contribution in [1.29, 1.82) is 0 Å². The lowest BCUT2D eigenvalue weighted by atomic mass is 10.2. The highest BCUT2D eigenvalue weighted by molar-refractivity contribution is 7.89. The van der Waals surface area contributed by atoms with Crippen molar-refractivity contribution in [2.45, 2.75) is 37.2 Å². The summed E-state index contributed by atoms with van der Waals surface area (Å²) < 4.78 is 40.6. The van der Waals surface area contributed by atoms with Crippen molar-refractivity contribution in [3.05, 3.63) is 42.2 Å². The van der Waals surface area contributed by atoms with Gasteiger partial charge in [-0.1, -0.05) is 19.1 Å². The van der Waals surface area contributed by atoms with Crippen LogP contribution in [0.4, 0.5) is 4.39 Å². The summed E-state index contributed by atoms with van der Waals surface area (Å²) in [7, 11) is -3.70. The Labute approximate surface area is 125 Å². The minimum absolute atomic E-state index is 0.0169. The molecule has 1 saturated carbocycles. The first-order valence-electron chi connectivity index (χ1n) is 7.12. The molecule has 2 rings (SSSR count). The van der Waals surface area contributed by atoms with E-state index < -0.39 is 15.8 Å². The molecular weight excluding hydrogens is 291 g/mol. The van der Waals surface area contributed by atoms with Gasteiger partial charge in [0.1, 0.15) is 5.82 Å². The molecule has 0 aliphatic heterocycles. The molecule has 0 radical (unpaired) electrons. The zero-order valence-electron chi connectivity index (χ0n) is 12.2. The average Bonchev–Trinajstić information content (AvgIpc) is 3.27. The van der Waals surface area contributed by atoms with Crippen molar-refractivity contribution in [2.24, 2.45) is 0 Å². The summed E-state index contributed by atoms with van der Waals surface area (Å²) >= 11 is 0. The SMILES string of the molecule is C=CCN(C1CC1)S(=O)(=O)c1cc(F)ccc1CNCC. The van der Waals surface area contributed by atoms with Gasteiger partial charge in [-0.15, -0.1) is 6.58 Å². The van der Waals surface area contributed by atoms with Gasteiger partial charge in [0, 0.05) is 19.1 Å². The fraction of sp³-hybridized carbons (Fsp3) is 0.467. The number of hydrogen-bond acceptors (Lipinski definition) is 3. The zero-order chi connectivity index (χ0) is 15.5. The molecule has 1 aliphatic carbocycles. The van der Waals surface area contributed by atoms with Gasteiger partial charge in [-0.25, -0.2) is 12.8 Å². The van der Waals surface area contributed by atoms with E-state index in [0.717, 1.165) is 25.5 Å². The van der Waals surface area contributed by atoms with Crippen LogP contribution in [-0.2, 0) is 16.6 Å². The summed E-state index contributed by atoms with van der Waals surface area (Å²) in [6, 6.07) is 3.95. The first-order chi connectivity index (χ1) is 10.0. The molecule has 1 aromatic carbocycles. The van der Waals surface area contributed by atoms with Crippen LogP contribution >= 0.6 is 0 Å². The normalized spacial score (nSPS) is 15.4. The van der Waals surface area contributed by atoms with E-state index in [1.54, 1.807) is 6.08 Å². The maximum absolute atomic E-state index is 13.5. The number of benzene rings is 1. The highest BCUT2D eigenvalue weighted by atomic mass is 32.2. The molecule has 1 aromatic rings. The van der Waals surface area contributed by atoms with Crippen LogP contribution in [-0.4, -0.2) is 31.9 Å². The highest BCUT2D eigenvalue weighted by Crippen LogP contribution is 2.33. The van der Waals surface area contributed by atoms with Crippen LogP contribution in [0.3, 0.4) is 0 Å². The molecule has 6 heteroatoms. The fourth-order valence-corrected chi connectivity index (χ4v) is 4.12. The van der Waals surface area contributed by atoms with E-state index >= 15 is 0 Å². The molecule has 116 valence electrons. The van der Waals surface area contributed by atoms with Crippen LogP contribution in [0, 0.1) is 5.82 Å². The van der Waals surface area contributed by atoms with Crippen molar-refractivity contribution >= 4 is 10.0 Å². The summed E-state index contributed by atoms with van der Waals surface area (Å²) in [5.41, 5.74) is 0.591. The lowest BCUT2D eigenvalue weighted by Gasteiger charge is -2.22. The van der Waals surface area contributed by atoms with Crippen molar-refractivity contribution in [2.75, 3.05) is 13.1 Å². The van der Waals surface area contributed by atoms with Crippen LogP contribution in [0.5, 0.6) is 0 Å². The molecule has 1 fully saturated rings. The Kier molecular flexibility index (Phi) is 5.13. The molecule has 0 bridgehead atoms. The molecule has 1 aliphatic rings. The van der Waals surface area contributed by atoms with Crippen molar-refractivity contribution in [1.82, 2.24) is 9.62 Å². The fourth-order valence-electron chi connectivity index (χ4n) is 2.23. The maximum Gasteiger partial charge on any atom is 0.244 e. The van der Waals surface area contributed by atoms with Crippen LogP contribution in [0.1, 0.15) is 25.3 Å². The molecule has 0 aromatic heterocycles. The number of sulfonamides is 1. The number of rotatable bonds is 8. The maximum atomic E-state index is 13.5. The third-order valence-corrected chi connectivity index (χ3v) is 5.45. The molecule has 4 nitrogen and oxygen atoms in total. The second-order valence-corrected chi connectivity index (χ2v) is 6.99. The monoisotopic (exact) mass is 312 g/mol. The second-order valence-electron chi connectivity index (χ2n) is 5.13. The molecular formula is C15H21FN2O2S. The number of halogens is 1. The smallest absolute Gasteiger partial charge is 0.244 e. The van der Waals surface area contributed by atoms with Crippen molar-refractivity contribution < 1.29 is 12.8 Å². The van der Waals surface area contributed by atoms with E-state index in [-0.39, 0.29) is 17.5 Å². The molecule has 0 saturated heterocycles. The second kappa shape index (κ2) is 6.68. The van der Waals surface area contributed by atoms with Gasteiger partial charge in [-0.3, -0.25) is 0 Å². The lowest BCUT2D eigenvalue weighted by Crippen LogP contribution is -2.34. The van der Waals surface area contributed by atoms with Gasteiger partial charge < -0.3 is 5.32 Å². The molecule has 0 atom stereocenters. The lowest BCUT2D eigenvalue weighted by molar-refractivity contribution is 0.434. The Balaban J connectivity index is 2.41. The van der Waals surface area contributed by atoms with E-state index in [1.807, 2.05) is 6.92 Å². The van der Waals surface area contributed by atoms with Gasteiger partial charge >= 0.3 is 0 Å². The Morgan fingerprint density at radius 2 is 2.19 bits per heavy atom. The molecule has 1 N–H and O–H groups in total. The number of nitrogens with zero attached hydrogens (tertiary/aromatic N) is 1. The zero-order valence-corrected chi connectivity index (χ0v) is 13.0. The first kappa shape index (κ1) is 16.1. The van der Waals surface area contributed by atoms with E-state index in [0.29, 0.717) is 12.1 Å². The van der Waals surface area contributed by atoms with Gasteiger partial charge in [0.05, 0.1) is 4.90 Å².